The normalized spacial score (nSPS) is 19.4. The molecule has 4 rings (SSSR count). The number of urea groups is 1. The first-order valence-corrected chi connectivity index (χ1v) is 14.1. The SMILES string of the molecule is CCOC(=O)C1=C(CN2CCN(S(=O)(=O)c3ccc(C)cc3)CC2)N(CC)C(=O)N[C@@H]1c1cccc(F)c1. The number of hydrogen-bond donors (Lipinski definition) is 1. The van der Waals surface area contributed by atoms with E-state index in [9.17, 15) is 22.4 Å². The van der Waals surface area contributed by atoms with E-state index in [1.165, 1.54) is 27.4 Å². The standard InChI is InChI=1S/C27H33FN4O5S/c1-4-32-23(18-30-13-15-31(16-14-30)38(35,36)22-11-9-19(3)10-12-22)24(26(33)37-5-2)25(29-27(32)34)20-7-6-8-21(28)17-20/h6-12,17,25H,4-5,13-16,18H2,1-3H3,(H,29,34)/t25-/m1/s1. The number of nitrogens with one attached hydrogen (secondary N) is 1. The highest BCUT2D eigenvalue weighted by molar-refractivity contribution is 7.89. The van der Waals surface area contributed by atoms with Crippen molar-refractivity contribution in [3.8, 4) is 0 Å². The number of piperazine rings is 1. The number of hydrogen-bond acceptors (Lipinski definition) is 6. The van der Waals surface area contributed by atoms with E-state index in [1.807, 2.05) is 11.8 Å². The molecule has 2 aromatic carbocycles. The van der Waals surface area contributed by atoms with Crippen molar-refractivity contribution in [1.82, 2.24) is 19.4 Å². The van der Waals surface area contributed by atoms with Gasteiger partial charge in [0.15, 0.2) is 0 Å². The zero-order chi connectivity index (χ0) is 27.4. The summed E-state index contributed by atoms with van der Waals surface area (Å²) in [7, 11) is -3.63. The maximum atomic E-state index is 14.1. The first-order chi connectivity index (χ1) is 18.1. The summed E-state index contributed by atoms with van der Waals surface area (Å²) >= 11 is 0. The van der Waals surface area contributed by atoms with E-state index in [0.29, 0.717) is 30.9 Å². The highest BCUT2D eigenvalue weighted by Gasteiger charge is 2.39. The molecule has 2 heterocycles. The molecule has 0 bridgehead atoms. The van der Waals surface area contributed by atoms with Gasteiger partial charge < -0.3 is 10.1 Å². The quantitative estimate of drug-likeness (QED) is 0.513. The lowest BCUT2D eigenvalue weighted by molar-refractivity contribution is -0.139. The largest absolute Gasteiger partial charge is 0.463 e. The second-order valence-corrected chi connectivity index (χ2v) is 11.2. The van der Waals surface area contributed by atoms with Crippen LogP contribution in [-0.4, -0.2) is 80.4 Å². The van der Waals surface area contributed by atoms with Crippen molar-refractivity contribution in [3.05, 3.63) is 76.7 Å². The van der Waals surface area contributed by atoms with Crippen molar-refractivity contribution in [2.45, 2.75) is 31.7 Å². The molecule has 2 aliphatic rings. The molecule has 11 heteroatoms. The van der Waals surface area contributed by atoms with Gasteiger partial charge in [0.25, 0.3) is 0 Å². The van der Waals surface area contributed by atoms with E-state index < -0.39 is 33.9 Å². The summed E-state index contributed by atoms with van der Waals surface area (Å²) in [4.78, 5) is 30.0. The number of carbonyl (C=O) groups is 2. The van der Waals surface area contributed by atoms with Crippen LogP contribution in [0.1, 0.15) is 31.0 Å². The number of likely N-dealkylation sites (N-methyl/N-ethyl adjacent to an activating group) is 1. The van der Waals surface area contributed by atoms with Gasteiger partial charge in [0.1, 0.15) is 5.82 Å². The van der Waals surface area contributed by atoms with Crippen LogP contribution in [0, 0.1) is 12.7 Å². The van der Waals surface area contributed by atoms with Gasteiger partial charge >= 0.3 is 12.0 Å². The van der Waals surface area contributed by atoms with Crippen LogP contribution in [0.3, 0.4) is 0 Å². The third-order valence-electron chi connectivity index (χ3n) is 6.80. The summed E-state index contributed by atoms with van der Waals surface area (Å²) in [6, 6.07) is 11.3. The molecule has 9 nitrogen and oxygen atoms in total. The maximum Gasteiger partial charge on any atom is 0.338 e. The summed E-state index contributed by atoms with van der Waals surface area (Å²) in [6.07, 6.45) is 0. The zero-order valence-corrected chi connectivity index (χ0v) is 22.6. The van der Waals surface area contributed by atoms with Crippen molar-refractivity contribution in [1.29, 1.82) is 0 Å². The van der Waals surface area contributed by atoms with Crippen LogP contribution in [0.25, 0.3) is 0 Å². The van der Waals surface area contributed by atoms with Gasteiger partial charge in [-0.3, -0.25) is 9.80 Å². The van der Waals surface area contributed by atoms with Gasteiger partial charge in [-0.25, -0.2) is 22.4 Å². The van der Waals surface area contributed by atoms with Gasteiger partial charge in [0.05, 0.1) is 23.1 Å². The Morgan fingerprint density at radius 2 is 1.76 bits per heavy atom. The van der Waals surface area contributed by atoms with Crippen molar-refractivity contribution in [2.75, 3.05) is 45.9 Å². The van der Waals surface area contributed by atoms with Crippen LogP contribution in [0.5, 0.6) is 0 Å². The zero-order valence-electron chi connectivity index (χ0n) is 21.8. The Labute approximate surface area is 222 Å². The van der Waals surface area contributed by atoms with Gasteiger partial charge in [-0.15, -0.1) is 0 Å². The number of amides is 2. The summed E-state index contributed by atoms with van der Waals surface area (Å²) in [5.41, 5.74) is 2.13. The first kappa shape index (κ1) is 27.7. The van der Waals surface area contributed by atoms with Gasteiger partial charge in [-0.2, -0.15) is 4.31 Å². The Hall–Kier alpha value is -3.28. The third kappa shape index (κ3) is 5.74. The molecule has 0 spiro atoms. The minimum atomic E-state index is -3.63. The van der Waals surface area contributed by atoms with E-state index in [2.05, 4.69) is 5.32 Å². The fourth-order valence-electron chi connectivity index (χ4n) is 4.79. The topological polar surface area (TPSA) is 99.3 Å². The molecule has 0 saturated carbocycles. The van der Waals surface area contributed by atoms with Crippen molar-refractivity contribution >= 4 is 22.0 Å². The molecule has 38 heavy (non-hydrogen) atoms. The number of benzene rings is 2. The Morgan fingerprint density at radius 3 is 2.37 bits per heavy atom. The molecule has 1 atom stereocenters. The minimum Gasteiger partial charge on any atom is -0.463 e. The second kappa shape index (κ2) is 11.6. The highest BCUT2D eigenvalue weighted by atomic mass is 32.2. The van der Waals surface area contributed by atoms with E-state index >= 15 is 0 Å². The molecule has 2 aromatic rings. The number of esters is 1. The lowest BCUT2D eigenvalue weighted by Gasteiger charge is -2.40. The van der Waals surface area contributed by atoms with Crippen molar-refractivity contribution in [3.63, 3.8) is 0 Å². The maximum absolute atomic E-state index is 14.1. The Balaban J connectivity index is 1.61. The van der Waals surface area contributed by atoms with Gasteiger partial charge in [0, 0.05) is 45.0 Å². The second-order valence-electron chi connectivity index (χ2n) is 9.26. The van der Waals surface area contributed by atoms with Crippen LogP contribution in [0.15, 0.2) is 64.7 Å². The molecule has 204 valence electrons. The molecule has 0 aromatic heterocycles. The van der Waals surface area contributed by atoms with Gasteiger partial charge in [0.2, 0.25) is 10.0 Å². The average Bonchev–Trinajstić information content (AvgIpc) is 2.89. The molecule has 1 saturated heterocycles. The smallest absolute Gasteiger partial charge is 0.338 e. The molecule has 0 radical (unpaired) electrons. The number of halogens is 1. The lowest BCUT2D eigenvalue weighted by atomic mass is 9.94. The Kier molecular flexibility index (Phi) is 8.49. The molecular weight excluding hydrogens is 511 g/mol. The fourth-order valence-corrected chi connectivity index (χ4v) is 6.22. The summed E-state index contributed by atoms with van der Waals surface area (Å²) in [5, 5.41) is 2.82. The van der Waals surface area contributed by atoms with Gasteiger partial charge in [-0.1, -0.05) is 29.8 Å². The fraction of sp³-hybridized carbons (Fsp3) is 0.407. The summed E-state index contributed by atoms with van der Waals surface area (Å²) < 4.78 is 47.1. The molecule has 1 N–H and O–H groups in total. The molecule has 2 amide bonds. The minimum absolute atomic E-state index is 0.140. The van der Waals surface area contributed by atoms with Crippen LogP contribution in [0.4, 0.5) is 9.18 Å². The van der Waals surface area contributed by atoms with Crippen LogP contribution >= 0.6 is 0 Å². The number of carbonyl (C=O) groups excluding carboxylic acids is 2. The number of sulfonamides is 1. The van der Waals surface area contributed by atoms with Crippen LogP contribution < -0.4 is 5.32 Å². The third-order valence-corrected chi connectivity index (χ3v) is 8.71. The Morgan fingerprint density at radius 1 is 1.08 bits per heavy atom. The molecular formula is C27H33FN4O5S. The first-order valence-electron chi connectivity index (χ1n) is 12.7. The van der Waals surface area contributed by atoms with Gasteiger partial charge in [-0.05, 0) is 50.6 Å². The summed E-state index contributed by atoms with van der Waals surface area (Å²) in [6.45, 7) is 7.44. The number of aryl methyl sites for hydroxylation is 1. The predicted molar refractivity (Wildman–Crippen MR) is 140 cm³/mol. The highest BCUT2D eigenvalue weighted by Crippen LogP contribution is 2.32. The number of ether oxygens (including phenoxy) is 1. The Bertz CT molecular complexity index is 1320. The van der Waals surface area contributed by atoms with Crippen LogP contribution in [-0.2, 0) is 19.6 Å². The molecule has 0 unspecified atom stereocenters. The predicted octanol–water partition coefficient (Wildman–Crippen LogP) is 3.04. The monoisotopic (exact) mass is 544 g/mol. The number of nitrogens with zero attached hydrogens (tertiary/aromatic N) is 3. The van der Waals surface area contributed by atoms with Crippen molar-refractivity contribution in [2.24, 2.45) is 0 Å². The van der Waals surface area contributed by atoms with E-state index in [0.717, 1.165) is 5.56 Å². The van der Waals surface area contributed by atoms with E-state index in [1.54, 1.807) is 44.2 Å². The van der Waals surface area contributed by atoms with Crippen molar-refractivity contribution < 1.29 is 27.1 Å². The van der Waals surface area contributed by atoms with Crippen LogP contribution in [0.2, 0.25) is 0 Å². The summed E-state index contributed by atoms with van der Waals surface area (Å²) in [5.74, 6) is -1.07. The molecule has 2 aliphatic heterocycles. The van der Waals surface area contributed by atoms with E-state index in [4.69, 9.17) is 4.74 Å². The molecule has 0 aliphatic carbocycles. The number of rotatable bonds is 8. The molecule has 1 fully saturated rings. The lowest BCUT2D eigenvalue weighted by Crippen LogP contribution is -2.53. The average molecular weight is 545 g/mol. The van der Waals surface area contributed by atoms with E-state index in [-0.39, 0.29) is 36.7 Å².